The summed E-state index contributed by atoms with van der Waals surface area (Å²) in [6.07, 6.45) is 0.143. The van der Waals surface area contributed by atoms with E-state index >= 15 is 0 Å². The molecule has 4 rings (SSSR count). The van der Waals surface area contributed by atoms with Gasteiger partial charge in [-0.15, -0.1) is 0 Å². The Hall–Kier alpha value is -5.46. The molecule has 4 aliphatic rings. The molecule has 370 valence electrons. The Morgan fingerprint density at radius 1 is 0.530 bits per heavy atom. The average molecular weight is 937 g/mol. The Morgan fingerprint density at radius 3 is 1.45 bits per heavy atom. The molecular weight excluding hydrogens is 869 g/mol. The number of nitrogens with one attached hydrogen (secondary N) is 5. The van der Waals surface area contributed by atoms with Crippen LogP contribution in [0, 0.1) is 5.92 Å². The van der Waals surface area contributed by atoms with Crippen molar-refractivity contribution in [1.82, 2.24) is 46.2 Å². The minimum Gasteiger partial charge on any atom is -0.480 e. The third kappa shape index (κ3) is 12.5. The van der Waals surface area contributed by atoms with Crippen LogP contribution in [-0.2, 0) is 47.9 Å². The topological polar surface area (TPSA) is 351 Å². The van der Waals surface area contributed by atoms with Crippen LogP contribution in [-0.4, -0.2) is 205 Å². The van der Waals surface area contributed by atoms with Crippen LogP contribution in [0.15, 0.2) is 0 Å². The van der Waals surface area contributed by atoms with Crippen LogP contribution in [0.4, 0.5) is 0 Å². The predicted molar refractivity (Wildman–Crippen MR) is 231 cm³/mol. The van der Waals surface area contributed by atoms with Gasteiger partial charge in [-0.1, -0.05) is 13.8 Å². The fourth-order valence-electron chi connectivity index (χ4n) is 8.82. The maximum absolute atomic E-state index is 14.2. The molecule has 4 fully saturated rings. The van der Waals surface area contributed by atoms with Crippen molar-refractivity contribution in [2.75, 3.05) is 32.8 Å². The summed E-state index contributed by atoms with van der Waals surface area (Å²) in [6, 6.07) is -12.0. The minimum atomic E-state index is -1.72. The van der Waals surface area contributed by atoms with Gasteiger partial charge in [-0.25, -0.2) is 4.79 Å². The Labute approximate surface area is 383 Å². The van der Waals surface area contributed by atoms with Gasteiger partial charge < -0.3 is 72.3 Å². The predicted octanol–water partition coefficient (Wildman–Crippen LogP) is -4.76. The standard InChI is InChI=1S/C42H68N10O14/c1-20(2)30(43)41(64)50-16-8-12-27(50)36(59)47-31(23(5)54)37(60)45-22(4)38(61)51-17-9-13-28(51)40(63)52-18-10-14-29(52)39(62)49-15-7-11-26(49)35(58)44-21(3)33(56)46-25(19-53)34(57)48-32(24(6)55)42(65)66/h20-32,53-55H,7-19,43H2,1-6H3,(H,44,58)(H,45,60)(H,46,56)(H,47,59)(H,48,57)(H,65,66)/t21-,22-,23+,24+,25-,26-,27-,28-,29-,30-,31-,32-/m0/s1. The van der Waals surface area contributed by atoms with E-state index < -0.39 is 138 Å². The van der Waals surface area contributed by atoms with Crippen molar-refractivity contribution in [2.24, 2.45) is 11.7 Å². The highest BCUT2D eigenvalue weighted by molar-refractivity contribution is 5.99. The second-order valence-electron chi connectivity index (χ2n) is 18.0. The lowest BCUT2D eigenvalue weighted by Crippen LogP contribution is -2.61. The lowest BCUT2D eigenvalue weighted by Gasteiger charge is -2.35. The molecule has 4 aliphatic heterocycles. The number of nitrogens with two attached hydrogens (primary N) is 1. The first-order chi connectivity index (χ1) is 31.0. The minimum absolute atomic E-state index is 0.173. The number of aliphatic hydroxyl groups is 3. The molecular formula is C42H68N10O14. The number of nitrogens with zero attached hydrogens (tertiary/aromatic N) is 4. The SMILES string of the molecule is CC(C)[C@H](N)C(=O)N1CCC[C@H]1C(=O)N[C@H](C(=O)N[C@@H](C)C(=O)N1CCC[C@H]1C(=O)N1CCC[C@H]1C(=O)N1CCC[C@H]1C(=O)N[C@@H](C)C(=O)N[C@@H](CO)C(=O)N[C@H](C(=O)O)[C@@H](C)O)[C@@H](C)O. The van der Waals surface area contributed by atoms with Crippen molar-refractivity contribution in [3.8, 4) is 0 Å². The zero-order valence-electron chi connectivity index (χ0n) is 38.4. The Kier molecular flexibility index (Phi) is 18.8. The van der Waals surface area contributed by atoms with Gasteiger partial charge in [0.15, 0.2) is 6.04 Å². The summed E-state index contributed by atoms with van der Waals surface area (Å²) in [7, 11) is 0. The van der Waals surface area contributed by atoms with Crippen LogP contribution in [0.5, 0.6) is 0 Å². The Bertz CT molecular complexity index is 1850. The third-order valence-corrected chi connectivity index (χ3v) is 12.7. The normalized spacial score (nSPS) is 24.3. The number of carboxylic acid groups (broad SMARTS) is 1. The fraction of sp³-hybridized carbons (Fsp3) is 0.762. The highest BCUT2D eigenvalue weighted by Crippen LogP contribution is 2.29. The van der Waals surface area contributed by atoms with Crippen LogP contribution >= 0.6 is 0 Å². The van der Waals surface area contributed by atoms with Crippen molar-refractivity contribution >= 4 is 59.1 Å². The molecule has 12 atom stereocenters. The van der Waals surface area contributed by atoms with E-state index in [0.29, 0.717) is 38.6 Å². The summed E-state index contributed by atoms with van der Waals surface area (Å²) >= 11 is 0. The summed E-state index contributed by atoms with van der Waals surface area (Å²) in [5, 5.41) is 51.0. The smallest absolute Gasteiger partial charge is 0.328 e. The molecule has 0 spiro atoms. The summed E-state index contributed by atoms with van der Waals surface area (Å²) in [4.78, 5) is 138. The molecule has 0 radical (unpaired) electrons. The molecule has 11 N–H and O–H groups in total. The van der Waals surface area contributed by atoms with Gasteiger partial charge in [0.25, 0.3) is 0 Å². The van der Waals surface area contributed by atoms with E-state index in [1.54, 1.807) is 13.8 Å². The third-order valence-electron chi connectivity index (χ3n) is 12.7. The molecule has 0 bridgehead atoms. The molecule has 0 unspecified atom stereocenters. The Morgan fingerprint density at radius 2 is 0.970 bits per heavy atom. The number of carbonyl (C=O) groups excluding carboxylic acids is 9. The van der Waals surface area contributed by atoms with Gasteiger partial charge in [0.1, 0.15) is 48.3 Å². The molecule has 24 heteroatoms. The van der Waals surface area contributed by atoms with Crippen LogP contribution in [0.3, 0.4) is 0 Å². The lowest BCUT2D eigenvalue weighted by atomic mass is 10.0. The molecule has 66 heavy (non-hydrogen) atoms. The molecule has 0 aromatic carbocycles. The number of likely N-dealkylation sites (tertiary alicyclic amines) is 4. The van der Waals surface area contributed by atoms with Gasteiger partial charge in [0.05, 0.1) is 24.9 Å². The first-order valence-electron chi connectivity index (χ1n) is 22.7. The number of aliphatic hydroxyl groups excluding tert-OH is 3. The maximum atomic E-state index is 14.2. The van der Waals surface area contributed by atoms with Crippen molar-refractivity contribution < 1.29 is 68.4 Å². The maximum Gasteiger partial charge on any atom is 0.328 e. The van der Waals surface area contributed by atoms with E-state index in [1.165, 1.54) is 40.4 Å². The largest absolute Gasteiger partial charge is 0.480 e. The van der Waals surface area contributed by atoms with Crippen LogP contribution in [0.2, 0.25) is 0 Å². The van der Waals surface area contributed by atoms with Gasteiger partial charge >= 0.3 is 5.97 Å². The first-order valence-corrected chi connectivity index (χ1v) is 22.7. The van der Waals surface area contributed by atoms with Gasteiger partial charge in [0.2, 0.25) is 53.2 Å². The quantitative estimate of drug-likeness (QED) is 0.0582. The van der Waals surface area contributed by atoms with Gasteiger partial charge in [-0.2, -0.15) is 0 Å². The monoisotopic (exact) mass is 936 g/mol. The zero-order valence-corrected chi connectivity index (χ0v) is 38.4. The molecule has 4 saturated heterocycles. The van der Waals surface area contributed by atoms with E-state index in [0.717, 1.165) is 6.92 Å². The molecule has 4 heterocycles. The number of rotatable bonds is 19. The van der Waals surface area contributed by atoms with E-state index in [9.17, 15) is 68.4 Å². The van der Waals surface area contributed by atoms with Crippen LogP contribution in [0.1, 0.15) is 92.9 Å². The Balaban J connectivity index is 1.35. The molecule has 0 aliphatic carbocycles. The molecule has 0 saturated carbocycles. The number of carboxylic acids is 1. The first kappa shape index (κ1) is 53.2. The van der Waals surface area contributed by atoms with E-state index in [1.807, 2.05) is 5.32 Å². The number of aliphatic carboxylic acids is 1. The van der Waals surface area contributed by atoms with Crippen molar-refractivity contribution in [1.29, 1.82) is 0 Å². The number of amides is 9. The van der Waals surface area contributed by atoms with E-state index in [2.05, 4.69) is 21.3 Å². The second kappa shape index (κ2) is 23.3. The molecule has 9 amide bonds. The summed E-state index contributed by atoms with van der Waals surface area (Å²) in [5.41, 5.74) is 6.06. The molecule has 0 aromatic heterocycles. The van der Waals surface area contributed by atoms with Crippen LogP contribution in [0.25, 0.3) is 0 Å². The number of carbonyl (C=O) groups is 10. The second-order valence-corrected chi connectivity index (χ2v) is 18.0. The van der Waals surface area contributed by atoms with Gasteiger partial charge in [-0.05, 0) is 85.0 Å². The highest BCUT2D eigenvalue weighted by Gasteiger charge is 2.47. The zero-order chi connectivity index (χ0) is 49.3. The van der Waals surface area contributed by atoms with Crippen LogP contribution < -0.4 is 32.3 Å². The highest BCUT2D eigenvalue weighted by atomic mass is 16.4. The van der Waals surface area contributed by atoms with Crippen molar-refractivity contribution in [3.63, 3.8) is 0 Å². The molecule has 0 aromatic rings. The summed E-state index contributed by atoms with van der Waals surface area (Å²) in [6.45, 7) is 8.65. The lowest BCUT2D eigenvalue weighted by molar-refractivity contribution is -0.151. The summed E-state index contributed by atoms with van der Waals surface area (Å²) in [5.74, 6) is -7.88. The van der Waals surface area contributed by atoms with E-state index in [4.69, 9.17) is 5.73 Å². The van der Waals surface area contributed by atoms with Gasteiger partial charge in [0, 0.05) is 26.2 Å². The average Bonchev–Trinajstić information content (AvgIpc) is 4.11. The number of hydrogen-bond acceptors (Lipinski definition) is 14. The molecule has 24 nitrogen and oxygen atoms in total. The van der Waals surface area contributed by atoms with E-state index in [-0.39, 0.29) is 44.8 Å². The number of hydrogen-bond donors (Lipinski definition) is 10. The van der Waals surface area contributed by atoms with Crippen molar-refractivity contribution in [3.05, 3.63) is 0 Å². The van der Waals surface area contributed by atoms with Gasteiger partial charge in [-0.3, -0.25) is 43.2 Å². The fourth-order valence-corrected chi connectivity index (χ4v) is 8.82. The summed E-state index contributed by atoms with van der Waals surface area (Å²) < 4.78 is 0. The van der Waals surface area contributed by atoms with Crippen molar-refractivity contribution in [2.45, 2.75) is 166 Å².